The molecule has 3 rings (SSSR count). The second-order valence-electron chi connectivity index (χ2n) is 6.86. The van der Waals surface area contributed by atoms with E-state index >= 15 is 0 Å². The zero-order valence-corrected chi connectivity index (χ0v) is 15.4. The Bertz CT molecular complexity index is 681. The molecule has 1 aromatic rings. The summed E-state index contributed by atoms with van der Waals surface area (Å²) >= 11 is 11.9. The number of hydrogen-bond acceptors (Lipinski definition) is 3. The second kappa shape index (κ2) is 7.52. The number of aryl methyl sites for hydroxylation is 1. The molecule has 2 aliphatic rings. The first-order valence-electron chi connectivity index (χ1n) is 8.45. The molecule has 0 spiro atoms. The van der Waals surface area contributed by atoms with Crippen molar-refractivity contribution >= 4 is 35.1 Å². The quantitative estimate of drug-likeness (QED) is 0.844. The molecule has 0 aliphatic carbocycles. The number of hydrogen-bond donors (Lipinski definition) is 1. The van der Waals surface area contributed by atoms with E-state index in [9.17, 15) is 14.7 Å². The molecule has 2 aliphatic heterocycles. The van der Waals surface area contributed by atoms with Crippen LogP contribution in [0.4, 0.5) is 0 Å². The molecule has 2 heterocycles. The molecule has 0 aromatic heterocycles. The second-order valence-corrected chi connectivity index (χ2v) is 7.67. The van der Waals surface area contributed by atoms with Crippen molar-refractivity contribution in [3.8, 4) is 0 Å². The van der Waals surface area contributed by atoms with Gasteiger partial charge >= 0.3 is 5.97 Å². The van der Waals surface area contributed by atoms with Gasteiger partial charge in [0.1, 0.15) is 0 Å². The molecular weight excluding hydrogens is 365 g/mol. The smallest absolute Gasteiger partial charge is 0.311 e. The summed E-state index contributed by atoms with van der Waals surface area (Å²) in [4.78, 5) is 26.0. The van der Waals surface area contributed by atoms with Gasteiger partial charge in [0, 0.05) is 32.0 Å². The van der Waals surface area contributed by atoms with Gasteiger partial charge in [0.15, 0.2) is 0 Å². The molecule has 1 amide bonds. The Morgan fingerprint density at radius 2 is 2.12 bits per heavy atom. The van der Waals surface area contributed by atoms with Crippen molar-refractivity contribution in [1.82, 2.24) is 4.90 Å². The summed E-state index contributed by atoms with van der Waals surface area (Å²) < 4.78 is 5.42. The fourth-order valence-electron chi connectivity index (χ4n) is 3.79. The number of carbonyl (C=O) groups excluding carboxylic acids is 1. The number of halogens is 2. The van der Waals surface area contributed by atoms with E-state index < -0.39 is 11.4 Å². The number of carboxylic acid groups (broad SMARTS) is 1. The van der Waals surface area contributed by atoms with Crippen LogP contribution in [0.2, 0.25) is 10.0 Å². The third kappa shape index (κ3) is 3.78. The van der Waals surface area contributed by atoms with Crippen LogP contribution in [0.5, 0.6) is 0 Å². The van der Waals surface area contributed by atoms with Crippen molar-refractivity contribution in [2.45, 2.75) is 25.7 Å². The molecule has 2 saturated heterocycles. The van der Waals surface area contributed by atoms with Crippen LogP contribution >= 0.6 is 23.2 Å². The summed E-state index contributed by atoms with van der Waals surface area (Å²) in [5.74, 6) is -0.917. The first-order valence-corrected chi connectivity index (χ1v) is 9.21. The largest absolute Gasteiger partial charge is 0.481 e. The zero-order chi connectivity index (χ0) is 18.0. The fraction of sp³-hybridized carbons (Fsp3) is 0.556. The monoisotopic (exact) mass is 385 g/mol. The highest BCUT2D eigenvalue weighted by molar-refractivity contribution is 6.42. The number of nitrogens with zero attached hydrogens (tertiary/aromatic N) is 1. The molecule has 25 heavy (non-hydrogen) atoms. The Hall–Kier alpha value is -1.30. The van der Waals surface area contributed by atoms with E-state index in [-0.39, 0.29) is 11.8 Å². The Morgan fingerprint density at radius 3 is 2.80 bits per heavy atom. The van der Waals surface area contributed by atoms with Crippen molar-refractivity contribution in [2.75, 3.05) is 26.3 Å². The molecule has 1 N–H and O–H groups in total. The van der Waals surface area contributed by atoms with Crippen LogP contribution in [0.1, 0.15) is 24.8 Å². The van der Waals surface area contributed by atoms with Crippen LogP contribution in [0.3, 0.4) is 0 Å². The lowest BCUT2D eigenvalue weighted by Gasteiger charge is -2.33. The Kier molecular flexibility index (Phi) is 5.56. The lowest BCUT2D eigenvalue weighted by atomic mass is 9.74. The highest BCUT2D eigenvalue weighted by Crippen LogP contribution is 2.42. The predicted molar refractivity (Wildman–Crippen MR) is 95.0 cm³/mol. The number of rotatable bonds is 5. The summed E-state index contributed by atoms with van der Waals surface area (Å²) in [7, 11) is 0. The third-order valence-electron chi connectivity index (χ3n) is 5.33. The van der Waals surface area contributed by atoms with Crippen LogP contribution in [-0.4, -0.2) is 48.2 Å². The number of carboxylic acids is 1. The molecule has 2 fully saturated rings. The van der Waals surface area contributed by atoms with Gasteiger partial charge in [-0.25, -0.2) is 0 Å². The molecular formula is C18H21Cl2NO4. The zero-order valence-electron chi connectivity index (χ0n) is 13.8. The number of fused-ring (bicyclic) bond motifs is 1. The van der Waals surface area contributed by atoms with Crippen LogP contribution < -0.4 is 0 Å². The molecule has 0 saturated carbocycles. The molecule has 1 aromatic carbocycles. The van der Waals surface area contributed by atoms with Gasteiger partial charge in [-0.3, -0.25) is 9.59 Å². The van der Waals surface area contributed by atoms with Gasteiger partial charge in [-0.15, -0.1) is 0 Å². The molecule has 0 bridgehead atoms. The minimum absolute atomic E-state index is 0.00934. The third-order valence-corrected chi connectivity index (χ3v) is 6.06. The number of aliphatic carboxylic acids is 1. The van der Waals surface area contributed by atoms with Gasteiger partial charge in [-0.2, -0.15) is 0 Å². The predicted octanol–water partition coefficient (Wildman–Crippen LogP) is 3.27. The summed E-state index contributed by atoms with van der Waals surface area (Å²) in [5.41, 5.74) is 0.199. The fourth-order valence-corrected chi connectivity index (χ4v) is 4.11. The highest BCUT2D eigenvalue weighted by Gasteiger charge is 2.54. The minimum Gasteiger partial charge on any atom is -0.481 e. The lowest BCUT2D eigenvalue weighted by Crippen LogP contribution is -2.45. The summed E-state index contributed by atoms with van der Waals surface area (Å²) in [5, 5.41) is 10.7. The van der Waals surface area contributed by atoms with E-state index in [1.807, 2.05) is 12.1 Å². The molecule has 5 nitrogen and oxygen atoms in total. The molecule has 2 atom stereocenters. The average Bonchev–Trinajstić information content (AvgIpc) is 2.99. The van der Waals surface area contributed by atoms with Crippen molar-refractivity contribution in [2.24, 2.45) is 11.3 Å². The lowest BCUT2D eigenvalue weighted by molar-refractivity contribution is -0.157. The molecule has 7 heteroatoms. The Morgan fingerprint density at radius 1 is 1.32 bits per heavy atom. The standard InChI is InChI=1S/C18H21Cl2NO4/c19-14-5-4-12(8-15(14)20)2-1-3-16(22)21-9-13-10-25-7-6-18(13,11-21)17(23)24/h4-5,8,13H,1-3,6-7,9-11H2,(H,23,24)/t13-,18+/m0/s1. The SMILES string of the molecule is O=C(CCCc1ccc(Cl)c(Cl)c1)N1C[C@H]2COCC[C@@]2(C(=O)O)C1. The van der Waals surface area contributed by atoms with E-state index in [4.69, 9.17) is 27.9 Å². The van der Waals surface area contributed by atoms with Gasteiger partial charge in [-0.05, 0) is 37.0 Å². The number of ether oxygens (including phenoxy) is 1. The van der Waals surface area contributed by atoms with E-state index in [1.165, 1.54) is 0 Å². The maximum Gasteiger partial charge on any atom is 0.311 e. The number of benzene rings is 1. The van der Waals surface area contributed by atoms with Gasteiger partial charge < -0.3 is 14.7 Å². The van der Waals surface area contributed by atoms with Crippen LogP contribution in [0, 0.1) is 11.3 Å². The Labute approximate surface area is 156 Å². The maximum atomic E-state index is 12.5. The van der Waals surface area contributed by atoms with E-state index in [0.717, 1.165) is 12.0 Å². The van der Waals surface area contributed by atoms with Gasteiger partial charge in [-0.1, -0.05) is 29.3 Å². The van der Waals surface area contributed by atoms with Crippen LogP contribution in [0.25, 0.3) is 0 Å². The Balaban J connectivity index is 1.55. The topological polar surface area (TPSA) is 66.8 Å². The first-order chi connectivity index (χ1) is 11.9. The van der Waals surface area contributed by atoms with E-state index in [1.54, 1.807) is 11.0 Å². The molecule has 136 valence electrons. The summed E-state index contributed by atoms with van der Waals surface area (Å²) in [6, 6.07) is 5.47. The van der Waals surface area contributed by atoms with Crippen molar-refractivity contribution in [1.29, 1.82) is 0 Å². The van der Waals surface area contributed by atoms with Crippen LogP contribution in [-0.2, 0) is 20.7 Å². The normalized spacial score (nSPS) is 25.7. The first kappa shape index (κ1) is 18.5. The summed E-state index contributed by atoms with van der Waals surface area (Å²) in [6.07, 6.45) is 2.28. The van der Waals surface area contributed by atoms with Crippen molar-refractivity contribution in [3.05, 3.63) is 33.8 Å². The number of likely N-dealkylation sites (tertiary alicyclic amines) is 1. The number of carbonyl (C=O) groups is 2. The average molecular weight is 386 g/mol. The van der Waals surface area contributed by atoms with E-state index in [0.29, 0.717) is 55.6 Å². The maximum absolute atomic E-state index is 12.5. The molecule has 0 radical (unpaired) electrons. The van der Waals surface area contributed by atoms with Gasteiger partial charge in [0.2, 0.25) is 5.91 Å². The molecule has 0 unspecified atom stereocenters. The van der Waals surface area contributed by atoms with Gasteiger partial charge in [0.05, 0.1) is 22.1 Å². The number of amides is 1. The van der Waals surface area contributed by atoms with Crippen molar-refractivity contribution < 1.29 is 19.4 Å². The van der Waals surface area contributed by atoms with Crippen molar-refractivity contribution in [3.63, 3.8) is 0 Å². The van der Waals surface area contributed by atoms with Crippen LogP contribution in [0.15, 0.2) is 18.2 Å². The van der Waals surface area contributed by atoms with E-state index in [2.05, 4.69) is 0 Å². The highest BCUT2D eigenvalue weighted by atomic mass is 35.5. The van der Waals surface area contributed by atoms with Gasteiger partial charge in [0.25, 0.3) is 0 Å². The minimum atomic E-state index is -0.836. The summed E-state index contributed by atoms with van der Waals surface area (Å²) in [6.45, 7) is 1.63.